The van der Waals surface area contributed by atoms with E-state index >= 15 is 0 Å². The summed E-state index contributed by atoms with van der Waals surface area (Å²) in [6.07, 6.45) is -2.69. The van der Waals surface area contributed by atoms with Gasteiger partial charge in [-0.25, -0.2) is 0 Å². The van der Waals surface area contributed by atoms with Crippen LogP contribution in [0.25, 0.3) is 0 Å². The Bertz CT molecular complexity index is 705. The summed E-state index contributed by atoms with van der Waals surface area (Å²) >= 11 is 5.70. The highest BCUT2D eigenvalue weighted by molar-refractivity contribution is 6.31. The van der Waals surface area contributed by atoms with E-state index in [1.54, 1.807) is 4.90 Å². The first-order valence-corrected chi connectivity index (χ1v) is 8.70. The summed E-state index contributed by atoms with van der Waals surface area (Å²) in [6, 6.07) is 1.99. The molecular formula is C17H18ClF3N2O3. The number of benzene rings is 1. The first kappa shape index (κ1) is 19.0. The molecule has 2 aliphatic heterocycles. The van der Waals surface area contributed by atoms with Crippen molar-refractivity contribution in [1.82, 2.24) is 10.2 Å². The Hall–Kier alpha value is -1.80. The smallest absolute Gasteiger partial charge is 0.381 e. The second-order valence-corrected chi connectivity index (χ2v) is 6.85. The van der Waals surface area contributed by atoms with Crippen molar-refractivity contribution >= 4 is 23.4 Å². The minimum atomic E-state index is -4.61. The van der Waals surface area contributed by atoms with E-state index < -0.39 is 23.7 Å². The third-order valence-electron chi connectivity index (χ3n) is 4.66. The molecular weight excluding hydrogens is 373 g/mol. The number of ether oxygens (including phenoxy) is 1. The lowest BCUT2D eigenvalue weighted by Crippen LogP contribution is -2.46. The summed E-state index contributed by atoms with van der Waals surface area (Å²) in [5.74, 6) is -0.950. The molecule has 1 atom stereocenters. The molecule has 0 aromatic heterocycles. The molecule has 1 aromatic rings. The van der Waals surface area contributed by atoms with Gasteiger partial charge in [0.15, 0.2) is 0 Å². The number of amides is 2. The fourth-order valence-electron chi connectivity index (χ4n) is 3.32. The van der Waals surface area contributed by atoms with E-state index in [4.69, 9.17) is 16.3 Å². The minimum Gasteiger partial charge on any atom is -0.381 e. The van der Waals surface area contributed by atoms with Crippen LogP contribution in [0, 0.1) is 0 Å². The minimum absolute atomic E-state index is 0.0844. The quantitative estimate of drug-likeness (QED) is 0.863. The van der Waals surface area contributed by atoms with Crippen LogP contribution in [0.15, 0.2) is 18.2 Å². The van der Waals surface area contributed by atoms with Crippen molar-refractivity contribution in [2.24, 2.45) is 0 Å². The standard InChI is InChI=1S/C17H18ClF3N2O3/c18-12-8-10(7-11(9-12)17(19,20)21)15(24)22-14-1-4-23(16(14)25)13-2-5-26-6-3-13/h7-9,13-14H,1-6H2,(H,22,24). The first-order valence-electron chi connectivity index (χ1n) is 8.32. The van der Waals surface area contributed by atoms with Crippen molar-refractivity contribution in [3.63, 3.8) is 0 Å². The summed E-state index contributed by atoms with van der Waals surface area (Å²) in [5, 5.41) is 2.34. The van der Waals surface area contributed by atoms with Crippen LogP contribution in [0.3, 0.4) is 0 Å². The zero-order chi connectivity index (χ0) is 18.9. The molecule has 0 spiro atoms. The van der Waals surface area contributed by atoms with Crippen molar-refractivity contribution < 1.29 is 27.5 Å². The van der Waals surface area contributed by atoms with Gasteiger partial charge in [0.1, 0.15) is 6.04 Å². The fraction of sp³-hybridized carbons (Fsp3) is 0.529. The van der Waals surface area contributed by atoms with E-state index in [0.29, 0.717) is 26.2 Å². The molecule has 2 fully saturated rings. The molecule has 2 heterocycles. The normalized spacial score (nSPS) is 21.9. The molecule has 5 nitrogen and oxygen atoms in total. The molecule has 1 N–H and O–H groups in total. The van der Waals surface area contributed by atoms with Gasteiger partial charge in [-0.3, -0.25) is 9.59 Å². The molecule has 2 aliphatic rings. The number of alkyl halides is 3. The fourth-order valence-corrected chi connectivity index (χ4v) is 3.56. The Kier molecular flexibility index (Phi) is 5.43. The predicted octanol–water partition coefficient (Wildman–Crippen LogP) is 2.87. The van der Waals surface area contributed by atoms with E-state index in [1.807, 2.05) is 0 Å². The van der Waals surface area contributed by atoms with Gasteiger partial charge < -0.3 is 15.0 Å². The van der Waals surface area contributed by atoms with Gasteiger partial charge in [-0.1, -0.05) is 11.6 Å². The third kappa shape index (κ3) is 4.12. The summed E-state index contributed by atoms with van der Waals surface area (Å²) in [4.78, 5) is 26.6. The van der Waals surface area contributed by atoms with Gasteiger partial charge in [-0.15, -0.1) is 0 Å². The van der Waals surface area contributed by atoms with Crippen molar-refractivity contribution in [2.75, 3.05) is 19.8 Å². The number of nitrogens with zero attached hydrogens (tertiary/aromatic N) is 1. The lowest BCUT2D eigenvalue weighted by molar-refractivity contribution is -0.137. The van der Waals surface area contributed by atoms with Crippen LogP contribution >= 0.6 is 11.6 Å². The van der Waals surface area contributed by atoms with Crippen LogP contribution in [0.5, 0.6) is 0 Å². The van der Waals surface area contributed by atoms with Crippen molar-refractivity contribution in [3.05, 3.63) is 34.3 Å². The molecule has 2 amide bonds. The highest BCUT2D eigenvalue weighted by Crippen LogP contribution is 2.32. The third-order valence-corrected chi connectivity index (χ3v) is 4.88. The van der Waals surface area contributed by atoms with Gasteiger partial charge in [-0.2, -0.15) is 13.2 Å². The number of likely N-dealkylation sites (tertiary alicyclic amines) is 1. The Balaban J connectivity index is 1.69. The van der Waals surface area contributed by atoms with E-state index in [9.17, 15) is 22.8 Å². The molecule has 142 valence electrons. The predicted molar refractivity (Wildman–Crippen MR) is 87.9 cm³/mol. The molecule has 1 unspecified atom stereocenters. The maximum atomic E-state index is 12.9. The zero-order valence-electron chi connectivity index (χ0n) is 13.8. The summed E-state index contributed by atoms with van der Waals surface area (Å²) in [5.41, 5.74) is -1.22. The van der Waals surface area contributed by atoms with Crippen molar-refractivity contribution in [3.8, 4) is 0 Å². The van der Waals surface area contributed by atoms with Crippen LogP contribution in [-0.4, -0.2) is 48.6 Å². The number of rotatable bonds is 3. The average Bonchev–Trinajstić information content (AvgIpc) is 2.95. The van der Waals surface area contributed by atoms with E-state index in [1.165, 1.54) is 0 Å². The van der Waals surface area contributed by atoms with Crippen molar-refractivity contribution in [1.29, 1.82) is 0 Å². The van der Waals surface area contributed by atoms with Gasteiger partial charge >= 0.3 is 6.18 Å². The highest BCUT2D eigenvalue weighted by Gasteiger charge is 2.38. The molecule has 1 aromatic carbocycles. The number of halogens is 4. The van der Waals surface area contributed by atoms with Gasteiger partial charge in [0.05, 0.1) is 5.56 Å². The monoisotopic (exact) mass is 390 g/mol. The number of hydrogen-bond donors (Lipinski definition) is 1. The molecule has 0 saturated carbocycles. The number of hydrogen-bond acceptors (Lipinski definition) is 3. The molecule has 2 saturated heterocycles. The average molecular weight is 391 g/mol. The number of carbonyl (C=O) groups excluding carboxylic acids is 2. The molecule has 0 aliphatic carbocycles. The zero-order valence-corrected chi connectivity index (χ0v) is 14.6. The maximum Gasteiger partial charge on any atom is 0.416 e. The van der Waals surface area contributed by atoms with Crippen LogP contribution in [0.4, 0.5) is 13.2 Å². The summed E-state index contributed by atoms with van der Waals surface area (Å²) in [6.45, 7) is 1.69. The second-order valence-electron chi connectivity index (χ2n) is 6.42. The molecule has 3 rings (SSSR count). The van der Waals surface area contributed by atoms with Crippen LogP contribution < -0.4 is 5.32 Å². The SMILES string of the molecule is O=C(NC1CCN(C2CCOCC2)C1=O)c1cc(Cl)cc(C(F)(F)F)c1. The van der Waals surface area contributed by atoms with Gasteiger partial charge in [-0.05, 0) is 37.5 Å². The number of carbonyl (C=O) groups is 2. The van der Waals surface area contributed by atoms with E-state index in [2.05, 4.69) is 5.32 Å². The Labute approximate surface area is 153 Å². The van der Waals surface area contributed by atoms with Crippen LogP contribution in [0.2, 0.25) is 5.02 Å². The second kappa shape index (κ2) is 7.44. The molecule has 0 bridgehead atoms. The Morgan fingerprint density at radius 3 is 2.54 bits per heavy atom. The Morgan fingerprint density at radius 2 is 1.88 bits per heavy atom. The van der Waals surface area contributed by atoms with Gasteiger partial charge in [0.25, 0.3) is 5.91 Å². The topological polar surface area (TPSA) is 58.6 Å². The highest BCUT2D eigenvalue weighted by atomic mass is 35.5. The summed E-state index contributed by atoms with van der Waals surface area (Å²) < 4.78 is 43.9. The molecule has 26 heavy (non-hydrogen) atoms. The van der Waals surface area contributed by atoms with E-state index in [-0.39, 0.29) is 22.5 Å². The largest absolute Gasteiger partial charge is 0.416 e. The van der Waals surface area contributed by atoms with Crippen LogP contribution in [-0.2, 0) is 15.7 Å². The lowest BCUT2D eigenvalue weighted by atomic mass is 10.1. The maximum absolute atomic E-state index is 12.9. The lowest BCUT2D eigenvalue weighted by Gasteiger charge is -2.31. The number of nitrogens with one attached hydrogen (secondary N) is 1. The van der Waals surface area contributed by atoms with Crippen LogP contribution in [0.1, 0.15) is 35.2 Å². The molecule has 9 heteroatoms. The van der Waals surface area contributed by atoms with Gasteiger partial charge in [0, 0.05) is 36.4 Å². The van der Waals surface area contributed by atoms with Crippen molar-refractivity contribution in [2.45, 2.75) is 37.5 Å². The van der Waals surface area contributed by atoms with Gasteiger partial charge in [0.2, 0.25) is 5.91 Å². The first-order chi connectivity index (χ1) is 12.3. The Morgan fingerprint density at radius 1 is 1.19 bits per heavy atom. The summed E-state index contributed by atoms with van der Waals surface area (Å²) in [7, 11) is 0. The van der Waals surface area contributed by atoms with E-state index in [0.717, 1.165) is 31.0 Å². The molecule has 0 radical (unpaired) electrons.